The fraction of sp³-hybridized carbons (Fsp3) is 0.708. The number of ketones is 1. The Hall–Kier alpha value is -1.15. The molecule has 0 aliphatic rings. The lowest BCUT2D eigenvalue weighted by Gasteiger charge is -2.15. The molecule has 1 aromatic carbocycles. The number of unbranched alkanes of at least 4 members (excludes halogenated alkanes) is 11. The minimum absolute atomic E-state index is 0.156. The van der Waals surface area contributed by atoms with E-state index in [1.54, 1.807) is 6.92 Å². The fourth-order valence-corrected chi connectivity index (χ4v) is 3.35. The molecule has 1 aromatic rings. The average Bonchev–Trinajstić information content (AvgIpc) is 2.65. The van der Waals surface area contributed by atoms with Crippen molar-refractivity contribution in [1.29, 1.82) is 0 Å². The molecule has 0 spiro atoms. The molecule has 0 bridgehead atoms. The predicted molar refractivity (Wildman–Crippen MR) is 111 cm³/mol. The normalized spacial score (nSPS) is 12.2. The number of rotatable bonds is 17. The van der Waals surface area contributed by atoms with Crippen LogP contribution in [0.15, 0.2) is 30.3 Å². The molecule has 2 nitrogen and oxygen atoms in total. The number of carbonyl (C=O) groups excluding carboxylic acids is 1. The highest BCUT2D eigenvalue weighted by Gasteiger charge is 2.14. The summed E-state index contributed by atoms with van der Waals surface area (Å²) in [6, 6.07) is 10.1. The molecule has 0 N–H and O–H groups in total. The van der Waals surface area contributed by atoms with Crippen LogP contribution < -0.4 is 0 Å². The standard InChI is InChI=1S/C24H40O2/c1-3-4-5-6-7-8-9-10-11-12-13-17-20-24(22(2)25)26-21-23-18-15-14-16-19-23/h14-16,18-19,24H,3-13,17,20-21H2,1-2H3. The topological polar surface area (TPSA) is 26.3 Å². The minimum atomic E-state index is -0.238. The number of ether oxygens (including phenoxy) is 1. The van der Waals surface area contributed by atoms with Crippen molar-refractivity contribution >= 4 is 5.78 Å². The monoisotopic (exact) mass is 360 g/mol. The summed E-state index contributed by atoms with van der Waals surface area (Å²) >= 11 is 0. The van der Waals surface area contributed by atoms with E-state index in [4.69, 9.17) is 4.74 Å². The first-order valence-corrected chi connectivity index (χ1v) is 10.9. The van der Waals surface area contributed by atoms with Crippen molar-refractivity contribution in [2.45, 2.75) is 110 Å². The van der Waals surface area contributed by atoms with E-state index in [0.717, 1.165) is 18.4 Å². The zero-order valence-electron chi connectivity index (χ0n) is 17.2. The number of benzene rings is 1. The van der Waals surface area contributed by atoms with Gasteiger partial charge in [-0.05, 0) is 18.9 Å². The smallest absolute Gasteiger partial charge is 0.158 e. The van der Waals surface area contributed by atoms with Gasteiger partial charge in [-0.2, -0.15) is 0 Å². The highest BCUT2D eigenvalue weighted by Crippen LogP contribution is 2.15. The maximum Gasteiger partial charge on any atom is 0.158 e. The van der Waals surface area contributed by atoms with Crippen LogP contribution in [0.1, 0.15) is 103 Å². The van der Waals surface area contributed by atoms with Crippen molar-refractivity contribution in [1.82, 2.24) is 0 Å². The van der Waals surface area contributed by atoms with E-state index >= 15 is 0 Å². The third-order valence-electron chi connectivity index (χ3n) is 5.07. The first-order chi connectivity index (χ1) is 12.7. The van der Waals surface area contributed by atoms with Crippen molar-refractivity contribution in [3.05, 3.63) is 35.9 Å². The molecule has 1 rings (SSSR count). The Bertz CT molecular complexity index is 441. The van der Waals surface area contributed by atoms with Crippen LogP contribution in [0, 0.1) is 0 Å². The van der Waals surface area contributed by atoms with Gasteiger partial charge in [0.15, 0.2) is 5.78 Å². The van der Waals surface area contributed by atoms with Crippen LogP contribution >= 0.6 is 0 Å². The lowest BCUT2D eigenvalue weighted by atomic mass is 10.0. The zero-order chi connectivity index (χ0) is 18.9. The summed E-state index contributed by atoms with van der Waals surface area (Å²) in [5, 5.41) is 0. The summed E-state index contributed by atoms with van der Waals surface area (Å²) in [4.78, 5) is 11.8. The molecule has 0 amide bonds. The van der Waals surface area contributed by atoms with Crippen LogP contribution in [0.2, 0.25) is 0 Å². The van der Waals surface area contributed by atoms with E-state index in [-0.39, 0.29) is 11.9 Å². The van der Waals surface area contributed by atoms with Gasteiger partial charge in [0.1, 0.15) is 6.10 Å². The van der Waals surface area contributed by atoms with Crippen LogP contribution in [0.25, 0.3) is 0 Å². The first-order valence-electron chi connectivity index (χ1n) is 10.9. The summed E-state index contributed by atoms with van der Waals surface area (Å²) in [6.45, 7) is 4.45. The summed E-state index contributed by atoms with van der Waals surface area (Å²) < 4.78 is 5.84. The van der Waals surface area contributed by atoms with Gasteiger partial charge in [0.05, 0.1) is 6.61 Å². The SMILES string of the molecule is CCCCCCCCCCCCCCC(OCc1ccccc1)C(C)=O. The largest absolute Gasteiger partial charge is 0.366 e. The van der Waals surface area contributed by atoms with E-state index in [0.29, 0.717) is 6.61 Å². The molecule has 0 saturated carbocycles. The second kappa shape index (κ2) is 16.1. The van der Waals surface area contributed by atoms with Gasteiger partial charge in [0.25, 0.3) is 0 Å². The highest BCUT2D eigenvalue weighted by molar-refractivity contribution is 5.80. The van der Waals surface area contributed by atoms with Crippen molar-refractivity contribution in [3.63, 3.8) is 0 Å². The average molecular weight is 361 g/mol. The van der Waals surface area contributed by atoms with Gasteiger partial charge in [0.2, 0.25) is 0 Å². The highest BCUT2D eigenvalue weighted by atomic mass is 16.5. The molecule has 1 unspecified atom stereocenters. The molecule has 26 heavy (non-hydrogen) atoms. The molecule has 0 radical (unpaired) electrons. The van der Waals surface area contributed by atoms with E-state index < -0.39 is 0 Å². The molecule has 0 heterocycles. The van der Waals surface area contributed by atoms with E-state index in [2.05, 4.69) is 6.92 Å². The molecule has 0 aliphatic carbocycles. The second-order valence-corrected chi connectivity index (χ2v) is 7.57. The number of hydrogen-bond acceptors (Lipinski definition) is 2. The van der Waals surface area contributed by atoms with Gasteiger partial charge >= 0.3 is 0 Å². The van der Waals surface area contributed by atoms with Crippen molar-refractivity contribution in [2.75, 3.05) is 0 Å². The van der Waals surface area contributed by atoms with Gasteiger partial charge < -0.3 is 4.74 Å². The van der Waals surface area contributed by atoms with Crippen LogP contribution in [0.5, 0.6) is 0 Å². The van der Waals surface area contributed by atoms with Gasteiger partial charge in [-0.15, -0.1) is 0 Å². The molecule has 0 saturated heterocycles. The van der Waals surface area contributed by atoms with Gasteiger partial charge in [0, 0.05) is 0 Å². The van der Waals surface area contributed by atoms with Gasteiger partial charge in [-0.25, -0.2) is 0 Å². The Kier molecular flexibility index (Phi) is 14.1. The fourth-order valence-electron chi connectivity index (χ4n) is 3.35. The maximum atomic E-state index is 11.8. The number of Topliss-reactive ketones (excluding diaryl/α,β-unsaturated/α-hetero) is 1. The molecule has 2 heteroatoms. The third kappa shape index (κ3) is 12.2. The Labute approximate surface area is 161 Å². The van der Waals surface area contributed by atoms with E-state index in [9.17, 15) is 4.79 Å². The number of hydrogen-bond donors (Lipinski definition) is 0. The van der Waals surface area contributed by atoms with Crippen molar-refractivity contribution < 1.29 is 9.53 Å². The van der Waals surface area contributed by atoms with Crippen molar-refractivity contribution in [3.8, 4) is 0 Å². The van der Waals surface area contributed by atoms with Crippen LogP contribution in [0.4, 0.5) is 0 Å². The molecule has 1 atom stereocenters. The Morgan fingerprint density at radius 1 is 0.808 bits per heavy atom. The molecule has 0 aromatic heterocycles. The predicted octanol–water partition coefficient (Wildman–Crippen LogP) is 7.25. The molecular weight excluding hydrogens is 320 g/mol. The van der Waals surface area contributed by atoms with Crippen LogP contribution in [-0.2, 0) is 16.1 Å². The summed E-state index contributed by atoms with van der Waals surface area (Å²) in [5.74, 6) is 0.156. The number of carbonyl (C=O) groups is 1. The zero-order valence-corrected chi connectivity index (χ0v) is 17.2. The first kappa shape index (κ1) is 22.9. The van der Waals surface area contributed by atoms with Gasteiger partial charge in [-0.1, -0.05) is 114 Å². The third-order valence-corrected chi connectivity index (χ3v) is 5.07. The summed E-state index contributed by atoms with van der Waals surface area (Å²) in [6.07, 6.45) is 16.7. The lowest BCUT2D eigenvalue weighted by Crippen LogP contribution is -2.21. The quantitative estimate of drug-likeness (QED) is 0.273. The van der Waals surface area contributed by atoms with E-state index in [1.807, 2.05) is 30.3 Å². The lowest BCUT2D eigenvalue weighted by molar-refractivity contribution is -0.129. The summed E-state index contributed by atoms with van der Waals surface area (Å²) in [7, 11) is 0. The minimum Gasteiger partial charge on any atom is -0.366 e. The Morgan fingerprint density at radius 3 is 1.81 bits per heavy atom. The molecular formula is C24H40O2. The second-order valence-electron chi connectivity index (χ2n) is 7.57. The molecule has 148 valence electrons. The molecule has 0 aliphatic heterocycles. The van der Waals surface area contributed by atoms with Gasteiger partial charge in [-0.3, -0.25) is 4.79 Å². The van der Waals surface area contributed by atoms with Crippen LogP contribution in [0.3, 0.4) is 0 Å². The van der Waals surface area contributed by atoms with E-state index in [1.165, 1.54) is 70.6 Å². The summed E-state index contributed by atoms with van der Waals surface area (Å²) in [5.41, 5.74) is 1.13. The van der Waals surface area contributed by atoms with Crippen molar-refractivity contribution in [2.24, 2.45) is 0 Å². The molecule has 0 fully saturated rings. The Morgan fingerprint density at radius 2 is 1.31 bits per heavy atom. The Balaban J connectivity index is 1.98. The van der Waals surface area contributed by atoms with Crippen LogP contribution in [-0.4, -0.2) is 11.9 Å². The maximum absolute atomic E-state index is 11.8.